The van der Waals surface area contributed by atoms with E-state index in [9.17, 15) is 0 Å². The van der Waals surface area contributed by atoms with Gasteiger partial charge in [-0.2, -0.15) is 0 Å². The fraction of sp³-hybridized carbons (Fsp3) is 1.00. The zero-order valence-corrected chi connectivity index (χ0v) is 11.8. The van der Waals surface area contributed by atoms with Gasteiger partial charge < -0.3 is 10.1 Å². The first kappa shape index (κ1) is 13.4. The second kappa shape index (κ2) is 5.71. The molecule has 0 amide bonds. The lowest BCUT2D eigenvalue weighted by molar-refractivity contribution is -0.127. The van der Waals surface area contributed by atoms with E-state index in [0.717, 1.165) is 25.0 Å². The minimum absolute atomic E-state index is 0.180. The Morgan fingerprint density at radius 1 is 1.29 bits per heavy atom. The van der Waals surface area contributed by atoms with E-state index in [-0.39, 0.29) is 5.60 Å². The maximum Gasteiger partial charge on any atom is 0.0835 e. The molecule has 1 atom stereocenters. The smallest absolute Gasteiger partial charge is 0.0835 e. The first-order valence-electron chi connectivity index (χ1n) is 7.55. The average Bonchev–Trinajstić information content (AvgIpc) is 2.33. The fourth-order valence-electron chi connectivity index (χ4n) is 3.72. The minimum atomic E-state index is 0.180. The van der Waals surface area contributed by atoms with Crippen molar-refractivity contribution in [2.75, 3.05) is 13.2 Å². The summed E-state index contributed by atoms with van der Waals surface area (Å²) in [5.41, 5.74) is 0.180. The summed E-state index contributed by atoms with van der Waals surface area (Å²) < 4.78 is 6.24. The van der Waals surface area contributed by atoms with Crippen molar-refractivity contribution in [3.8, 4) is 0 Å². The Morgan fingerprint density at radius 2 is 2.00 bits per heavy atom. The molecule has 1 N–H and O–H groups in total. The zero-order chi connectivity index (χ0) is 12.3. The van der Waals surface area contributed by atoms with Gasteiger partial charge in [-0.3, -0.25) is 0 Å². The molecule has 1 saturated carbocycles. The molecule has 1 spiro atoms. The number of hydrogen-bond acceptors (Lipinski definition) is 2. The van der Waals surface area contributed by atoms with Gasteiger partial charge in [-0.1, -0.05) is 27.2 Å². The first-order chi connectivity index (χ1) is 8.18. The van der Waals surface area contributed by atoms with Crippen molar-refractivity contribution in [3.63, 3.8) is 0 Å². The predicted octanol–water partition coefficient (Wildman–Crippen LogP) is 3.36. The number of rotatable bonds is 3. The molecular weight excluding hydrogens is 210 g/mol. The third-order valence-electron chi connectivity index (χ3n) is 4.91. The third kappa shape index (κ3) is 2.85. The minimum Gasteiger partial charge on any atom is -0.372 e. The summed E-state index contributed by atoms with van der Waals surface area (Å²) in [7, 11) is 0. The van der Waals surface area contributed by atoms with E-state index >= 15 is 0 Å². The van der Waals surface area contributed by atoms with Gasteiger partial charge >= 0.3 is 0 Å². The molecule has 2 nitrogen and oxygen atoms in total. The standard InChI is InChI=1S/C15H29NO/c1-4-5-14-15(17-11-10-16-14)8-6-13(7-9-15)12(2)3/h12-14,16H,4-11H2,1-3H3. The topological polar surface area (TPSA) is 21.3 Å². The van der Waals surface area contributed by atoms with Gasteiger partial charge in [-0.15, -0.1) is 0 Å². The average molecular weight is 239 g/mol. The van der Waals surface area contributed by atoms with E-state index < -0.39 is 0 Å². The van der Waals surface area contributed by atoms with Gasteiger partial charge in [0.05, 0.1) is 12.2 Å². The largest absolute Gasteiger partial charge is 0.372 e. The molecule has 2 aliphatic rings. The van der Waals surface area contributed by atoms with E-state index in [0.29, 0.717) is 6.04 Å². The van der Waals surface area contributed by atoms with Crippen molar-refractivity contribution >= 4 is 0 Å². The van der Waals surface area contributed by atoms with Crippen LogP contribution in [0.15, 0.2) is 0 Å². The molecule has 2 rings (SSSR count). The number of morpholine rings is 1. The zero-order valence-electron chi connectivity index (χ0n) is 11.8. The van der Waals surface area contributed by atoms with Gasteiger partial charge in [0, 0.05) is 12.6 Å². The second-order valence-corrected chi connectivity index (χ2v) is 6.29. The highest BCUT2D eigenvalue weighted by molar-refractivity contribution is 4.99. The van der Waals surface area contributed by atoms with Crippen molar-refractivity contribution in [1.82, 2.24) is 5.32 Å². The SMILES string of the molecule is CCCC1NCCOC12CCC(C(C)C)CC2. The second-order valence-electron chi connectivity index (χ2n) is 6.29. The number of ether oxygens (including phenoxy) is 1. The van der Waals surface area contributed by atoms with Gasteiger partial charge in [0.25, 0.3) is 0 Å². The molecule has 2 heteroatoms. The number of nitrogens with one attached hydrogen (secondary N) is 1. The summed E-state index contributed by atoms with van der Waals surface area (Å²) in [6.45, 7) is 8.97. The summed E-state index contributed by atoms with van der Waals surface area (Å²) in [4.78, 5) is 0. The van der Waals surface area contributed by atoms with Crippen LogP contribution in [-0.2, 0) is 4.74 Å². The van der Waals surface area contributed by atoms with Crippen LogP contribution in [0.25, 0.3) is 0 Å². The molecule has 1 heterocycles. The van der Waals surface area contributed by atoms with Crippen LogP contribution in [0.5, 0.6) is 0 Å². The highest BCUT2D eigenvalue weighted by Gasteiger charge is 2.44. The Hall–Kier alpha value is -0.0800. The maximum atomic E-state index is 6.24. The number of hydrogen-bond donors (Lipinski definition) is 1. The molecular formula is C15H29NO. The van der Waals surface area contributed by atoms with Gasteiger partial charge in [0.15, 0.2) is 0 Å². The van der Waals surface area contributed by atoms with Crippen LogP contribution in [0.4, 0.5) is 0 Å². The molecule has 1 aliphatic heterocycles. The molecule has 100 valence electrons. The molecule has 0 aromatic heterocycles. The Morgan fingerprint density at radius 3 is 2.59 bits per heavy atom. The normalized spacial score (nSPS) is 38.8. The molecule has 0 aromatic carbocycles. The van der Waals surface area contributed by atoms with Crippen LogP contribution in [0.3, 0.4) is 0 Å². The van der Waals surface area contributed by atoms with Crippen LogP contribution in [-0.4, -0.2) is 24.8 Å². The molecule has 1 unspecified atom stereocenters. The Bertz CT molecular complexity index is 229. The van der Waals surface area contributed by atoms with E-state index in [1.54, 1.807) is 0 Å². The molecule has 0 bridgehead atoms. The monoisotopic (exact) mass is 239 g/mol. The maximum absolute atomic E-state index is 6.24. The first-order valence-corrected chi connectivity index (χ1v) is 7.55. The molecule has 0 aromatic rings. The van der Waals surface area contributed by atoms with Crippen molar-refractivity contribution < 1.29 is 4.74 Å². The summed E-state index contributed by atoms with van der Waals surface area (Å²) in [6, 6.07) is 0.606. The highest BCUT2D eigenvalue weighted by Crippen LogP contribution is 2.41. The third-order valence-corrected chi connectivity index (χ3v) is 4.91. The van der Waals surface area contributed by atoms with Crippen molar-refractivity contribution in [1.29, 1.82) is 0 Å². The summed E-state index contributed by atoms with van der Waals surface area (Å²) >= 11 is 0. The van der Waals surface area contributed by atoms with Crippen LogP contribution < -0.4 is 5.32 Å². The summed E-state index contributed by atoms with van der Waals surface area (Å²) in [6.07, 6.45) is 7.79. The predicted molar refractivity (Wildman–Crippen MR) is 72.2 cm³/mol. The van der Waals surface area contributed by atoms with E-state index in [1.807, 2.05) is 0 Å². The molecule has 2 fully saturated rings. The van der Waals surface area contributed by atoms with Crippen LogP contribution in [0.2, 0.25) is 0 Å². The van der Waals surface area contributed by atoms with Crippen molar-refractivity contribution in [2.45, 2.75) is 70.9 Å². The van der Waals surface area contributed by atoms with E-state index in [1.165, 1.54) is 38.5 Å². The Kier molecular flexibility index (Phi) is 4.48. The van der Waals surface area contributed by atoms with Crippen LogP contribution in [0.1, 0.15) is 59.3 Å². The molecule has 0 radical (unpaired) electrons. The molecule has 1 saturated heterocycles. The fourth-order valence-corrected chi connectivity index (χ4v) is 3.72. The van der Waals surface area contributed by atoms with Crippen LogP contribution >= 0.6 is 0 Å². The Labute approximate surface area is 107 Å². The highest BCUT2D eigenvalue weighted by atomic mass is 16.5. The van der Waals surface area contributed by atoms with Gasteiger partial charge in [0.2, 0.25) is 0 Å². The molecule has 1 aliphatic carbocycles. The van der Waals surface area contributed by atoms with Gasteiger partial charge in [-0.05, 0) is 43.9 Å². The van der Waals surface area contributed by atoms with E-state index in [4.69, 9.17) is 4.74 Å². The Balaban J connectivity index is 1.98. The van der Waals surface area contributed by atoms with Crippen molar-refractivity contribution in [3.05, 3.63) is 0 Å². The lowest BCUT2D eigenvalue weighted by Gasteiger charge is -2.49. The van der Waals surface area contributed by atoms with Gasteiger partial charge in [-0.25, -0.2) is 0 Å². The van der Waals surface area contributed by atoms with Crippen molar-refractivity contribution in [2.24, 2.45) is 11.8 Å². The lowest BCUT2D eigenvalue weighted by atomic mass is 9.70. The van der Waals surface area contributed by atoms with Gasteiger partial charge in [0.1, 0.15) is 0 Å². The lowest BCUT2D eigenvalue weighted by Crippen LogP contribution is -2.59. The van der Waals surface area contributed by atoms with Crippen LogP contribution in [0, 0.1) is 11.8 Å². The summed E-state index contributed by atoms with van der Waals surface area (Å²) in [5.74, 6) is 1.77. The summed E-state index contributed by atoms with van der Waals surface area (Å²) in [5, 5.41) is 3.70. The van der Waals surface area contributed by atoms with E-state index in [2.05, 4.69) is 26.1 Å². The molecule has 17 heavy (non-hydrogen) atoms. The quantitative estimate of drug-likeness (QED) is 0.815.